The van der Waals surface area contributed by atoms with E-state index in [0.29, 0.717) is 22.8 Å². The van der Waals surface area contributed by atoms with Crippen LogP contribution in [0.2, 0.25) is 0 Å². The summed E-state index contributed by atoms with van der Waals surface area (Å²) in [5.74, 6) is 1.41. The SMILES string of the molecule is COc1ccc(CNn2cn[nH]c2=S)cc1OC. The summed E-state index contributed by atoms with van der Waals surface area (Å²) in [5, 5.41) is 6.49. The zero-order valence-electron chi connectivity index (χ0n) is 10.1. The van der Waals surface area contributed by atoms with E-state index in [2.05, 4.69) is 15.6 Å². The van der Waals surface area contributed by atoms with Crippen molar-refractivity contribution in [1.29, 1.82) is 0 Å². The van der Waals surface area contributed by atoms with Gasteiger partial charge in [0.15, 0.2) is 11.5 Å². The molecule has 0 radical (unpaired) electrons. The van der Waals surface area contributed by atoms with Crippen LogP contribution in [0.4, 0.5) is 0 Å². The van der Waals surface area contributed by atoms with Crippen LogP contribution in [0, 0.1) is 4.77 Å². The van der Waals surface area contributed by atoms with Gasteiger partial charge in [-0.2, -0.15) is 5.10 Å². The molecule has 0 amide bonds. The van der Waals surface area contributed by atoms with Gasteiger partial charge < -0.3 is 14.9 Å². The van der Waals surface area contributed by atoms with Gasteiger partial charge in [0.1, 0.15) is 6.33 Å². The lowest BCUT2D eigenvalue weighted by molar-refractivity contribution is 0.354. The van der Waals surface area contributed by atoms with E-state index >= 15 is 0 Å². The van der Waals surface area contributed by atoms with Crippen LogP contribution in [0.3, 0.4) is 0 Å². The molecule has 0 unspecified atom stereocenters. The van der Waals surface area contributed by atoms with Crippen LogP contribution < -0.4 is 14.9 Å². The van der Waals surface area contributed by atoms with Gasteiger partial charge in [0.2, 0.25) is 4.77 Å². The number of nitrogens with one attached hydrogen (secondary N) is 2. The summed E-state index contributed by atoms with van der Waals surface area (Å²) >= 11 is 5.03. The Balaban J connectivity index is 2.10. The Hall–Kier alpha value is -2.02. The van der Waals surface area contributed by atoms with Crippen molar-refractivity contribution in [2.75, 3.05) is 19.6 Å². The Morgan fingerprint density at radius 2 is 2.11 bits per heavy atom. The molecule has 1 aromatic heterocycles. The summed E-state index contributed by atoms with van der Waals surface area (Å²) in [6, 6.07) is 5.73. The molecule has 7 heteroatoms. The average Bonchev–Trinajstić information content (AvgIpc) is 2.81. The highest BCUT2D eigenvalue weighted by Gasteiger charge is 2.04. The fraction of sp³-hybridized carbons (Fsp3) is 0.273. The molecule has 2 N–H and O–H groups in total. The summed E-state index contributed by atoms with van der Waals surface area (Å²) < 4.78 is 12.6. The third-order valence-corrected chi connectivity index (χ3v) is 2.74. The lowest BCUT2D eigenvalue weighted by atomic mass is 10.2. The number of aromatic nitrogens is 3. The average molecular weight is 266 g/mol. The maximum atomic E-state index is 5.24. The second-order valence-corrected chi connectivity index (χ2v) is 3.94. The van der Waals surface area contributed by atoms with E-state index in [0.717, 1.165) is 5.56 Å². The van der Waals surface area contributed by atoms with Crippen molar-refractivity contribution in [2.24, 2.45) is 0 Å². The molecule has 2 aromatic rings. The van der Waals surface area contributed by atoms with Gasteiger partial charge in [0, 0.05) is 0 Å². The maximum Gasteiger partial charge on any atom is 0.214 e. The highest BCUT2D eigenvalue weighted by Crippen LogP contribution is 2.27. The van der Waals surface area contributed by atoms with Crippen molar-refractivity contribution in [2.45, 2.75) is 6.54 Å². The van der Waals surface area contributed by atoms with Gasteiger partial charge in [-0.25, -0.2) is 4.68 Å². The molecule has 0 saturated heterocycles. The van der Waals surface area contributed by atoms with Crippen LogP contribution in [-0.4, -0.2) is 29.1 Å². The topological polar surface area (TPSA) is 64.1 Å². The number of benzene rings is 1. The molecule has 0 atom stereocenters. The summed E-state index contributed by atoms with van der Waals surface area (Å²) in [4.78, 5) is 0. The largest absolute Gasteiger partial charge is 0.493 e. The number of methoxy groups -OCH3 is 2. The first kappa shape index (κ1) is 12.4. The monoisotopic (exact) mass is 266 g/mol. The van der Waals surface area contributed by atoms with E-state index < -0.39 is 0 Å². The Morgan fingerprint density at radius 3 is 2.72 bits per heavy atom. The third kappa shape index (κ3) is 2.62. The lowest BCUT2D eigenvalue weighted by Gasteiger charge is -2.10. The normalized spacial score (nSPS) is 10.1. The zero-order chi connectivity index (χ0) is 13.0. The van der Waals surface area contributed by atoms with Crippen molar-refractivity contribution in [1.82, 2.24) is 14.9 Å². The van der Waals surface area contributed by atoms with Gasteiger partial charge in [-0.1, -0.05) is 6.07 Å². The standard InChI is InChI=1S/C11H14N4O2S/c1-16-9-4-3-8(5-10(9)17-2)6-13-15-7-12-14-11(15)18/h3-5,7,13H,6H2,1-2H3,(H,14,18). The fourth-order valence-corrected chi connectivity index (χ4v) is 1.69. The first-order valence-corrected chi connectivity index (χ1v) is 5.72. The Labute approximate surface area is 110 Å². The predicted octanol–water partition coefficient (Wildman–Crippen LogP) is 1.70. The molecule has 96 valence electrons. The van der Waals surface area contributed by atoms with E-state index in [1.807, 2.05) is 18.2 Å². The Bertz CT molecular complexity index is 578. The molecule has 2 rings (SSSR count). The molecule has 18 heavy (non-hydrogen) atoms. The van der Waals surface area contributed by atoms with Crippen molar-refractivity contribution in [3.63, 3.8) is 0 Å². The highest BCUT2D eigenvalue weighted by molar-refractivity contribution is 7.71. The minimum atomic E-state index is 0.524. The molecule has 1 aromatic carbocycles. The first-order chi connectivity index (χ1) is 8.74. The van der Waals surface area contributed by atoms with Crippen LogP contribution in [0.1, 0.15) is 5.56 Å². The molecule has 0 bridgehead atoms. The van der Waals surface area contributed by atoms with Gasteiger partial charge in [-0.3, -0.25) is 5.10 Å². The highest BCUT2D eigenvalue weighted by atomic mass is 32.1. The molecule has 6 nitrogen and oxygen atoms in total. The number of hydrogen-bond acceptors (Lipinski definition) is 5. The van der Waals surface area contributed by atoms with Crippen LogP contribution in [0.25, 0.3) is 0 Å². The Kier molecular flexibility index (Phi) is 3.83. The van der Waals surface area contributed by atoms with Crippen LogP contribution in [-0.2, 0) is 6.54 Å². The number of rotatable bonds is 5. The van der Waals surface area contributed by atoms with Gasteiger partial charge in [0.25, 0.3) is 0 Å². The quantitative estimate of drug-likeness (QED) is 0.806. The van der Waals surface area contributed by atoms with Crippen LogP contribution >= 0.6 is 12.2 Å². The van der Waals surface area contributed by atoms with E-state index in [9.17, 15) is 0 Å². The zero-order valence-corrected chi connectivity index (χ0v) is 11.0. The van der Waals surface area contributed by atoms with Crippen molar-refractivity contribution in [3.05, 3.63) is 34.9 Å². The minimum Gasteiger partial charge on any atom is -0.493 e. The molecular weight excluding hydrogens is 252 g/mol. The number of aromatic amines is 1. The van der Waals surface area contributed by atoms with Gasteiger partial charge in [-0.15, -0.1) is 0 Å². The lowest BCUT2D eigenvalue weighted by Crippen LogP contribution is -2.13. The van der Waals surface area contributed by atoms with Crippen LogP contribution in [0.15, 0.2) is 24.5 Å². The predicted molar refractivity (Wildman–Crippen MR) is 70.0 cm³/mol. The summed E-state index contributed by atoms with van der Waals surface area (Å²) in [6.45, 7) is 0.605. The molecule has 0 aliphatic heterocycles. The molecule has 0 saturated carbocycles. The van der Waals surface area contributed by atoms with E-state index in [4.69, 9.17) is 21.7 Å². The minimum absolute atomic E-state index is 0.524. The second kappa shape index (κ2) is 5.54. The van der Waals surface area contributed by atoms with Crippen molar-refractivity contribution in [3.8, 4) is 11.5 Å². The summed E-state index contributed by atoms with van der Waals surface area (Å²) in [6.07, 6.45) is 1.59. The van der Waals surface area contributed by atoms with Crippen molar-refractivity contribution >= 4 is 12.2 Å². The molecule has 0 fully saturated rings. The number of hydrogen-bond donors (Lipinski definition) is 2. The molecule has 0 aliphatic carbocycles. The fourth-order valence-electron chi connectivity index (χ4n) is 1.53. The van der Waals surface area contributed by atoms with Gasteiger partial charge in [-0.05, 0) is 29.9 Å². The van der Waals surface area contributed by atoms with Crippen molar-refractivity contribution < 1.29 is 9.47 Å². The first-order valence-electron chi connectivity index (χ1n) is 5.31. The van der Waals surface area contributed by atoms with E-state index in [1.54, 1.807) is 25.2 Å². The van der Waals surface area contributed by atoms with Gasteiger partial charge in [0.05, 0.1) is 20.8 Å². The second-order valence-electron chi connectivity index (χ2n) is 3.56. The molecular formula is C11H14N4O2S. The summed E-state index contributed by atoms with van der Waals surface area (Å²) in [5.41, 5.74) is 4.17. The summed E-state index contributed by atoms with van der Waals surface area (Å²) in [7, 11) is 3.22. The maximum absolute atomic E-state index is 5.24. The number of H-pyrrole nitrogens is 1. The molecule has 1 heterocycles. The molecule has 0 spiro atoms. The number of nitrogens with zero attached hydrogens (tertiary/aromatic N) is 2. The van der Waals surface area contributed by atoms with Crippen LogP contribution in [0.5, 0.6) is 11.5 Å². The van der Waals surface area contributed by atoms with E-state index in [-0.39, 0.29) is 0 Å². The third-order valence-electron chi connectivity index (χ3n) is 2.45. The number of ether oxygens (including phenoxy) is 2. The molecule has 0 aliphatic rings. The van der Waals surface area contributed by atoms with Gasteiger partial charge >= 0.3 is 0 Å². The van der Waals surface area contributed by atoms with E-state index in [1.165, 1.54) is 0 Å². The Morgan fingerprint density at radius 1 is 1.33 bits per heavy atom. The smallest absolute Gasteiger partial charge is 0.214 e.